The van der Waals surface area contributed by atoms with E-state index in [1.807, 2.05) is 11.8 Å². The highest BCUT2D eigenvalue weighted by Crippen LogP contribution is 2.45. The first-order chi connectivity index (χ1) is 10.3. The summed E-state index contributed by atoms with van der Waals surface area (Å²) >= 11 is 1.88. The highest BCUT2D eigenvalue weighted by Gasteiger charge is 2.38. The van der Waals surface area contributed by atoms with Gasteiger partial charge in [-0.15, -0.1) is 0 Å². The van der Waals surface area contributed by atoms with Crippen LogP contribution in [0.25, 0.3) is 0 Å². The number of rotatable bonds is 2. The second kappa shape index (κ2) is 5.87. The highest BCUT2D eigenvalue weighted by molar-refractivity contribution is 8.00. The highest BCUT2D eigenvalue weighted by atomic mass is 32.2. The Labute approximate surface area is 130 Å². The van der Waals surface area contributed by atoms with Gasteiger partial charge in [0, 0.05) is 16.4 Å². The van der Waals surface area contributed by atoms with Crippen LogP contribution in [-0.2, 0) is 6.18 Å². The Morgan fingerprint density at radius 3 is 2.36 bits per heavy atom. The molecule has 2 bridgehead atoms. The summed E-state index contributed by atoms with van der Waals surface area (Å²) in [5.41, 5.74) is -1.38. The molecule has 2 unspecified atom stereocenters. The van der Waals surface area contributed by atoms with Gasteiger partial charge in [0.25, 0.3) is 0 Å². The number of ketones is 1. The fraction of sp³-hybridized carbons (Fsp3) is 0.562. The van der Waals surface area contributed by atoms with E-state index in [9.17, 15) is 22.4 Å². The number of carbonyl (C=O) groups excluding carboxylic acids is 1. The first-order valence-electron chi connectivity index (χ1n) is 7.41. The lowest BCUT2D eigenvalue weighted by Crippen LogP contribution is -2.33. The van der Waals surface area contributed by atoms with Crippen molar-refractivity contribution in [2.24, 2.45) is 5.92 Å². The Kier molecular flexibility index (Phi) is 4.23. The molecule has 1 aromatic carbocycles. The number of alkyl halides is 3. The first kappa shape index (κ1) is 15.8. The second-order valence-electron chi connectivity index (χ2n) is 6.04. The van der Waals surface area contributed by atoms with Crippen LogP contribution < -0.4 is 0 Å². The van der Waals surface area contributed by atoms with E-state index in [-0.39, 0.29) is 5.92 Å². The summed E-state index contributed by atoms with van der Waals surface area (Å²) in [5, 5.41) is 0.769. The third-order valence-corrected chi connectivity index (χ3v) is 6.09. The van der Waals surface area contributed by atoms with Gasteiger partial charge in [-0.3, -0.25) is 4.79 Å². The van der Waals surface area contributed by atoms with Crippen LogP contribution >= 0.6 is 11.8 Å². The van der Waals surface area contributed by atoms with Gasteiger partial charge in [-0.05, 0) is 43.9 Å². The molecule has 0 radical (unpaired) electrons. The average Bonchev–Trinajstić information content (AvgIpc) is 2.45. The maximum atomic E-state index is 13.9. The Balaban J connectivity index is 1.85. The van der Waals surface area contributed by atoms with Gasteiger partial charge < -0.3 is 0 Å². The lowest BCUT2D eigenvalue weighted by molar-refractivity contribution is -0.137. The maximum Gasteiger partial charge on any atom is 0.416 e. The number of carbonyl (C=O) groups is 1. The lowest BCUT2D eigenvalue weighted by Gasteiger charge is -2.38. The fourth-order valence-electron chi connectivity index (χ4n) is 3.38. The molecular formula is C16H16F4OS. The SMILES string of the molecule is O=C(c1cc(C(F)(F)F)ccc1F)C1CC2CCCC(C1)S2. The Morgan fingerprint density at radius 1 is 1.14 bits per heavy atom. The maximum absolute atomic E-state index is 13.9. The van der Waals surface area contributed by atoms with Crippen molar-refractivity contribution < 1.29 is 22.4 Å². The summed E-state index contributed by atoms with van der Waals surface area (Å²) < 4.78 is 52.1. The van der Waals surface area contributed by atoms with E-state index in [4.69, 9.17) is 0 Å². The van der Waals surface area contributed by atoms with Crippen molar-refractivity contribution in [3.63, 3.8) is 0 Å². The topological polar surface area (TPSA) is 17.1 Å². The van der Waals surface area contributed by atoms with Crippen LogP contribution in [0.15, 0.2) is 18.2 Å². The van der Waals surface area contributed by atoms with E-state index in [0.717, 1.165) is 25.3 Å². The van der Waals surface area contributed by atoms with Crippen molar-refractivity contribution in [2.75, 3.05) is 0 Å². The number of fused-ring (bicyclic) bond motifs is 2. The quantitative estimate of drug-likeness (QED) is 0.554. The van der Waals surface area contributed by atoms with Gasteiger partial charge in [0.15, 0.2) is 5.78 Å². The molecule has 3 rings (SSSR count). The van der Waals surface area contributed by atoms with Crippen molar-refractivity contribution in [3.8, 4) is 0 Å². The van der Waals surface area contributed by atoms with E-state index < -0.39 is 28.9 Å². The number of Topliss-reactive ketones (excluding diaryl/α,β-unsaturated/α-hetero) is 1. The summed E-state index contributed by atoms with van der Waals surface area (Å²) in [4.78, 5) is 12.5. The summed E-state index contributed by atoms with van der Waals surface area (Å²) in [6.45, 7) is 0. The van der Waals surface area contributed by atoms with Gasteiger partial charge in [-0.25, -0.2) is 4.39 Å². The number of thioether (sulfide) groups is 1. The molecule has 2 heterocycles. The van der Waals surface area contributed by atoms with Crippen molar-refractivity contribution in [2.45, 2.75) is 48.8 Å². The van der Waals surface area contributed by atoms with Crippen LogP contribution in [0.5, 0.6) is 0 Å². The molecule has 2 atom stereocenters. The van der Waals surface area contributed by atoms with Crippen LogP contribution in [-0.4, -0.2) is 16.3 Å². The van der Waals surface area contributed by atoms with Crippen LogP contribution in [0.3, 0.4) is 0 Å². The van der Waals surface area contributed by atoms with Gasteiger partial charge in [-0.1, -0.05) is 6.42 Å². The number of hydrogen-bond donors (Lipinski definition) is 0. The largest absolute Gasteiger partial charge is 0.416 e. The van der Waals surface area contributed by atoms with E-state index in [1.54, 1.807) is 0 Å². The number of halogens is 4. The normalized spacial score (nSPS) is 28.5. The number of benzene rings is 1. The van der Waals surface area contributed by atoms with E-state index >= 15 is 0 Å². The van der Waals surface area contributed by atoms with Crippen LogP contribution in [0.1, 0.15) is 48.0 Å². The smallest absolute Gasteiger partial charge is 0.294 e. The molecule has 120 valence electrons. The van der Waals surface area contributed by atoms with Gasteiger partial charge >= 0.3 is 6.18 Å². The summed E-state index contributed by atoms with van der Waals surface area (Å²) in [6, 6.07) is 2.08. The van der Waals surface area contributed by atoms with Crippen LogP contribution in [0.2, 0.25) is 0 Å². The molecular weight excluding hydrogens is 316 g/mol. The lowest BCUT2D eigenvalue weighted by atomic mass is 9.84. The van der Waals surface area contributed by atoms with Crippen molar-refractivity contribution in [1.29, 1.82) is 0 Å². The molecule has 0 saturated carbocycles. The zero-order valence-corrected chi connectivity index (χ0v) is 12.6. The monoisotopic (exact) mass is 332 g/mol. The molecule has 0 spiro atoms. The van der Waals surface area contributed by atoms with E-state index in [2.05, 4.69) is 0 Å². The molecule has 2 aliphatic rings. The molecule has 1 nitrogen and oxygen atoms in total. The Morgan fingerprint density at radius 2 is 1.77 bits per heavy atom. The predicted octanol–water partition coefficient (Wildman–Crippen LogP) is 5.09. The van der Waals surface area contributed by atoms with Crippen molar-refractivity contribution >= 4 is 17.5 Å². The second-order valence-corrected chi connectivity index (χ2v) is 7.64. The first-order valence-corrected chi connectivity index (χ1v) is 8.35. The fourth-order valence-corrected chi connectivity index (χ4v) is 5.22. The molecule has 0 aromatic heterocycles. The minimum atomic E-state index is -4.57. The van der Waals surface area contributed by atoms with Crippen LogP contribution in [0, 0.1) is 11.7 Å². The Hall–Kier alpha value is -1.04. The molecule has 1 aromatic rings. The van der Waals surface area contributed by atoms with E-state index in [1.165, 1.54) is 0 Å². The van der Waals surface area contributed by atoms with Gasteiger partial charge in [0.1, 0.15) is 5.82 Å². The summed E-state index contributed by atoms with van der Waals surface area (Å²) in [5.74, 6) is -1.68. The summed E-state index contributed by atoms with van der Waals surface area (Å²) in [6.07, 6.45) is -0.0553. The standard InChI is InChI=1S/C16H16F4OS/c17-14-5-4-10(16(18,19)20)8-13(14)15(21)9-6-11-2-1-3-12(7-9)22-11/h4-5,8-9,11-12H,1-3,6-7H2. The molecule has 6 heteroatoms. The minimum absolute atomic E-state index is 0.352. The molecule has 0 amide bonds. The van der Waals surface area contributed by atoms with Gasteiger partial charge in [0.2, 0.25) is 0 Å². The minimum Gasteiger partial charge on any atom is -0.294 e. The Bertz CT molecular complexity index is 572. The third-order valence-electron chi connectivity index (χ3n) is 4.46. The number of hydrogen-bond acceptors (Lipinski definition) is 2. The zero-order valence-electron chi connectivity index (χ0n) is 11.8. The molecule has 0 N–H and O–H groups in total. The van der Waals surface area contributed by atoms with Crippen molar-refractivity contribution in [3.05, 3.63) is 35.1 Å². The zero-order chi connectivity index (χ0) is 15.9. The van der Waals surface area contributed by atoms with E-state index in [0.29, 0.717) is 35.5 Å². The predicted molar refractivity (Wildman–Crippen MR) is 77.5 cm³/mol. The third kappa shape index (κ3) is 3.16. The molecule has 2 aliphatic heterocycles. The summed E-state index contributed by atoms with van der Waals surface area (Å²) in [7, 11) is 0. The molecule has 2 saturated heterocycles. The molecule has 22 heavy (non-hydrogen) atoms. The van der Waals surface area contributed by atoms with Crippen molar-refractivity contribution in [1.82, 2.24) is 0 Å². The van der Waals surface area contributed by atoms with Gasteiger partial charge in [0.05, 0.1) is 11.1 Å². The van der Waals surface area contributed by atoms with Crippen LogP contribution in [0.4, 0.5) is 17.6 Å². The van der Waals surface area contributed by atoms with Gasteiger partial charge in [-0.2, -0.15) is 24.9 Å². The molecule has 2 fully saturated rings. The average molecular weight is 332 g/mol. The molecule has 0 aliphatic carbocycles.